The van der Waals surface area contributed by atoms with Gasteiger partial charge in [0.05, 0.1) is 18.8 Å². The molecule has 8 heteroatoms. The predicted octanol–water partition coefficient (Wildman–Crippen LogP) is 3.78. The quantitative estimate of drug-likeness (QED) is 0.541. The van der Waals surface area contributed by atoms with Gasteiger partial charge >= 0.3 is 0 Å². The van der Waals surface area contributed by atoms with Gasteiger partial charge in [-0.05, 0) is 38.1 Å². The van der Waals surface area contributed by atoms with Gasteiger partial charge in [0.25, 0.3) is 5.91 Å². The van der Waals surface area contributed by atoms with Crippen molar-refractivity contribution >= 4 is 11.7 Å². The molecule has 0 radical (unpaired) electrons. The van der Waals surface area contributed by atoms with E-state index in [1.54, 1.807) is 47.3 Å². The largest absolute Gasteiger partial charge is 0.454 e. The van der Waals surface area contributed by atoms with Crippen molar-refractivity contribution in [2.75, 3.05) is 5.32 Å². The van der Waals surface area contributed by atoms with Gasteiger partial charge in [0, 0.05) is 23.5 Å². The predicted molar refractivity (Wildman–Crippen MR) is 105 cm³/mol. The minimum absolute atomic E-state index is 0.185. The Morgan fingerprint density at radius 1 is 1.10 bits per heavy atom. The first-order valence-electron chi connectivity index (χ1n) is 9.16. The standard InChI is InChI=1S/C21H20FN5O2/c1-14-11-15(2)27(24-14)13-17-7-8-19(29-17)21(28)23-20-9-10-26(25-20)12-16-5-3-4-6-18(16)22/h3-11H,12-13H2,1-2H3,(H,23,25,28). The van der Waals surface area contributed by atoms with Crippen LogP contribution in [-0.4, -0.2) is 25.5 Å². The second kappa shape index (κ2) is 7.75. The van der Waals surface area contributed by atoms with E-state index >= 15 is 0 Å². The highest BCUT2D eigenvalue weighted by Crippen LogP contribution is 2.14. The fourth-order valence-corrected chi connectivity index (χ4v) is 3.06. The normalized spacial score (nSPS) is 11.0. The van der Waals surface area contributed by atoms with Crippen molar-refractivity contribution in [2.24, 2.45) is 0 Å². The molecule has 0 saturated carbocycles. The topological polar surface area (TPSA) is 77.9 Å². The lowest BCUT2D eigenvalue weighted by Crippen LogP contribution is -2.12. The average molecular weight is 393 g/mol. The van der Waals surface area contributed by atoms with Crippen LogP contribution < -0.4 is 5.32 Å². The SMILES string of the molecule is Cc1cc(C)n(Cc2ccc(C(=O)Nc3ccn(Cc4ccccc4F)n3)o2)n1. The van der Waals surface area contributed by atoms with E-state index in [1.807, 2.05) is 24.6 Å². The van der Waals surface area contributed by atoms with Crippen LogP contribution in [-0.2, 0) is 13.1 Å². The molecule has 3 heterocycles. The smallest absolute Gasteiger partial charge is 0.292 e. The lowest BCUT2D eigenvalue weighted by Gasteiger charge is -2.03. The summed E-state index contributed by atoms with van der Waals surface area (Å²) in [6.45, 7) is 4.62. The van der Waals surface area contributed by atoms with Crippen LogP contribution in [0.25, 0.3) is 0 Å². The van der Waals surface area contributed by atoms with Crippen LogP contribution in [0, 0.1) is 19.7 Å². The summed E-state index contributed by atoms with van der Waals surface area (Å²) < 4.78 is 22.8. The summed E-state index contributed by atoms with van der Waals surface area (Å²) in [5, 5.41) is 11.3. The van der Waals surface area contributed by atoms with Gasteiger partial charge in [0.2, 0.25) is 0 Å². The maximum atomic E-state index is 13.8. The molecule has 148 valence electrons. The number of carbonyl (C=O) groups excluding carboxylic acids is 1. The Morgan fingerprint density at radius 3 is 2.69 bits per heavy atom. The van der Waals surface area contributed by atoms with Crippen LogP contribution in [0.4, 0.5) is 10.2 Å². The van der Waals surface area contributed by atoms with Crippen LogP contribution in [0.3, 0.4) is 0 Å². The number of furan rings is 1. The maximum Gasteiger partial charge on any atom is 0.292 e. The van der Waals surface area contributed by atoms with E-state index in [1.165, 1.54) is 6.07 Å². The van der Waals surface area contributed by atoms with Crippen LogP contribution in [0.15, 0.2) is 59.1 Å². The highest BCUT2D eigenvalue weighted by Gasteiger charge is 2.14. The Morgan fingerprint density at radius 2 is 1.93 bits per heavy atom. The summed E-state index contributed by atoms with van der Waals surface area (Å²) in [5.74, 6) is 0.486. The number of nitrogens with one attached hydrogen (secondary N) is 1. The fourth-order valence-electron chi connectivity index (χ4n) is 3.06. The van der Waals surface area contributed by atoms with Gasteiger partial charge in [-0.3, -0.25) is 14.2 Å². The maximum absolute atomic E-state index is 13.8. The summed E-state index contributed by atoms with van der Waals surface area (Å²) >= 11 is 0. The molecular weight excluding hydrogens is 373 g/mol. The number of hydrogen-bond donors (Lipinski definition) is 1. The molecule has 0 saturated heterocycles. The molecule has 0 atom stereocenters. The highest BCUT2D eigenvalue weighted by atomic mass is 19.1. The molecule has 1 amide bonds. The molecule has 29 heavy (non-hydrogen) atoms. The van der Waals surface area contributed by atoms with E-state index in [9.17, 15) is 9.18 Å². The van der Waals surface area contributed by atoms with Gasteiger partial charge in [0.1, 0.15) is 11.6 Å². The molecule has 0 unspecified atom stereocenters. The van der Waals surface area contributed by atoms with Gasteiger partial charge in [0.15, 0.2) is 11.6 Å². The number of benzene rings is 1. The number of amides is 1. The number of anilines is 1. The zero-order valence-corrected chi connectivity index (χ0v) is 16.1. The monoisotopic (exact) mass is 393 g/mol. The molecule has 1 aromatic carbocycles. The van der Waals surface area contributed by atoms with Gasteiger partial charge in [-0.25, -0.2) is 4.39 Å². The molecular formula is C21H20FN5O2. The lowest BCUT2D eigenvalue weighted by atomic mass is 10.2. The number of nitrogens with zero attached hydrogens (tertiary/aromatic N) is 4. The Labute approximate surface area is 166 Å². The van der Waals surface area contributed by atoms with Crippen molar-refractivity contribution in [3.8, 4) is 0 Å². The molecule has 0 spiro atoms. The number of aryl methyl sites for hydroxylation is 2. The van der Waals surface area contributed by atoms with E-state index < -0.39 is 5.91 Å². The van der Waals surface area contributed by atoms with Crippen LogP contribution >= 0.6 is 0 Å². The van der Waals surface area contributed by atoms with Crippen LogP contribution in [0.1, 0.15) is 33.3 Å². The number of aromatic nitrogens is 4. The van der Waals surface area contributed by atoms with Gasteiger partial charge in [-0.15, -0.1) is 0 Å². The molecule has 0 aliphatic heterocycles. The number of halogens is 1. The van der Waals surface area contributed by atoms with E-state index in [-0.39, 0.29) is 18.1 Å². The highest BCUT2D eigenvalue weighted by molar-refractivity contribution is 6.01. The Bertz CT molecular complexity index is 1160. The third-order valence-electron chi connectivity index (χ3n) is 4.47. The van der Waals surface area contributed by atoms with Crippen molar-refractivity contribution in [3.63, 3.8) is 0 Å². The molecule has 0 aliphatic carbocycles. The summed E-state index contributed by atoms with van der Waals surface area (Å²) in [4.78, 5) is 12.4. The molecule has 4 aromatic rings. The van der Waals surface area contributed by atoms with Crippen molar-refractivity contribution in [2.45, 2.75) is 26.9 Å². The van der Waals surface area contributed by atoms with E-state index in [0.717, 1.165) is 11.4 Å². The van der Waals surface area contributed by atoms with E-state index in [0.29, 0.717) is 23.7 Å². The Hall–Kier alpha value is -3.68. The second-order valence-corrected chi connectivity index (χ2v) is 6.79. The Kier molecular flexibility index (Phi) is 4.99. The van der Waals surface area contributed by atoms with Gasteiger partial charge < -0.3 is 9.73 Å². The first kappa shape index (κ1) is 18.7. The summed E-state index contributed by atoms with van der Waals surface area (Å²) in [7, 11) is 0. The molecule has 3 aromatic heterocycles. The summed E-state index contributed by atoms with van der Waals surface area (Å²) in [5.41, 5.74) is 2.47. The van der Waals surface area contributed by atoms with E-state index in [2.05, 4.69) is 15.5 Å². The van der Waals surface area contributed by atoms with Crippen molar-refractivity contribution in [1.29, 1.82) is 0 Å². The third kappa shape index (κ3) is 4.26. The second-order valence-electron chi connectivity index (χ2n) is 6.79. The number of carbonyl (C=O) groups is 1. The Balaban J connectivity index is 1.40. The summed E-state index contributed by atoms with van der Waals surface area (Å²) in [6, 6.07) is 13.5. The van der Waals surface area contributed by atoms with Gasteiger partial charge in [-0.1, -0.05) is 18.2 Å². The lowest BCUT2D eigenvalue weighted by molar-refractivity contribution is 0.0994. The first-order chi connectivity index (χ1) is 14.0. The minimum Gasteiger partial charge on any atom is -0.454 e. The number of rotatable bonds is 6. The van der Waals surface area contributed by atoms with E-state index in [4.69, 9.17) is 4.42 Å². The molecule has 4 rings (SSSR count). The van der Waals surface area contributed by atoms with Crippen molar-refractivity contribution < 1.29 is 13.6 Å². The fraction of sp³-hybridized carbons (Fsp3) is 0.190. The number of hydrogen-bond acceptors (Lipinski definition) is 4. The molecule has 1 N–H and O–H groups in total. The zero-order chi connectivity index (χ0) is 20.4. The average Bonchev–Trinajstić information content (AvgIpc) is 3.39. The third-order valence-corrected chi connectivity index (χ3v) is 4.47. The van der Waals surface area contributed by atoms with Crippen molar-refractivity contribution in [3.05, 3.63) is 89.0 Å². The van der Waals surface area contributed by atoms with Crippen molar-refractivity contribution in [1.82, 2.24) is 19.6 Å². The molecule has 0 fully saturated rings. The van der Waals surface area contributed by atoms with Gasteiger partial charge in [-0.2, -0.15) is 10.2 Å². The molecule has 0 aliphatic rings. The first-order valence-corrected chi connectivity index (χ1v) is 9.16. The molecule has 0 bridgehead atoms. The molecule has 7 nitrogen and oxygen atoms in total. The van der Waals surface area contributed by atoms with Crippen LogP contribution in [0.2, 0.25) is 0 Å². The van der Waals surface area contributed by atoms with Crippen LogP contribution in [0.5, 0.6) is 0 Å². The minimum atomic E-state index is -0.402. The zero-order valence-electron chi connectivity index (χ0n) is 16.1. The summed E-state index contributed by atoms with van der Waals surface area (Å²) in [6.07, 6.45) is 1.68.